The Bertz CT molecular complexity index is 1250. The molecule has 33 heavy (non-hydrogen) atoms. The van der Waals surface area contributed by atoms with Crippen LogP contribution in [0.15, 0.2) is 52.0 Å². The van der Waals surface area contributed by atoms with Crippen molar-refractivity contribution in [3.05, 3.63) is 81.3 Å². The number of amides is 2. The van der Waals surface area contributed by atoms with Crippen LogP contribution in [0.3, 0.4) is 0 Å². The number of aryl methyl sites for hydroxylation is 1. The fraction of sp³-hybridized carbons (Fsp3) is 0.240. The number of methoxy groups -OCH3 is 1. The lowest BCUT2D eigenvalue weighted by Crippen LogP contribution is -2.22. The van der Waals surface area contributed by atoms with Crippen LogP contribution in [0.25, 0.3) is 0 Å². The number of hydrazone groups is 1. The first-order valence-electron chi connectivity index (χ1n) is 10.6. The zero-order valence-electron chi connectivity index (χ0n) is 18.6. The number of hydrogen-bond acceptors (Lipinski definition) is 5. The fourth-order valence-electron chi connectivity index (χ4n) is 3.84. The Morgan fingerprint density at radius 3 is 2.52 bits per heavy atom. The quantitative estimate of drug-likeness (QED) is 0.501. The van der Waals surface area contributed by atoms with Gasteiger partial charge in [0.25, 0.3) is 11.8 Å². The zero-order chi connectivity index (χ0) is 23.5. The molecule has 0 spiro atoms. The predicted molar refractivity (Wildman–Crippen MR) is 128 cm³/mol. The standard InChI is InChI=1S/C25H24ClN3O4/c1-14-18(26)6-4-7-19(14)27-25(31)23-15(2)22-20(8-5-9-21(22)33-23)28-29-24(30)16-10-12-17(32-3)13-11-16/h4,6-7,10-13H,5,8-9H2,1-3H3,(H,27,31)(H,29,30)/b28-20+. The van der Waals surface area contributed by atoms with E-state index in [-0.39, 0.29) is 17.6 Å². The highest BCUT2D eigenvalue weighted by Crippen LogP contribution is 2.31. The SMILES string of the molecule is COc1ccc(C(=O)N/N=C2\CCCc3oc(C(=O)Nc4cccc(Cl)c4C)c(C)c32)cc1. The van der Waals surface area contributed by atoms with Gasteiger partial charge in [-0.05, 0) is 68.7 Å². The summed E-state index contributed by atoms with van der Waals surface area (Å²) in [6.45, 7) is 3.67. The van der Waals surface area contributed by atoms with Crippen LogP contribution in [0.4, 0.5) is 5.69 Å². The number of carbonyl (C=O) groups is 2. The molecule has 1 aromatic heterocycles. The van der Waals surface area contributed by atoms with Gasteiger partial charge in [-0.15, -0.1) is 0 Å². The molecular weight excluding hydrogens is 442 g/mol. The van der Waals surface area contributed by atoms with E-state index in [0.29, 0.717) is 51.9 Å². The van der Waals surface area contributed by atoms with Crippen molar-refractivity contribution in [2.75, 3.05) is 12.4 Å². The molecule has 0 atom stereocenters. The summed E-state index contributed by atoms with van der Waals surface area (Å²) in [5.74, 6) is 0.920. The molecule has 0 saturated heterocycles. The molecule has 0 unspecified atom stereocenters. The number of nitrogens with zero attached hydrogens (tertiary/aromatic N) is 1. The van der Waals surface area contributed by atoms with Crippen molar-refractivity contribution in [3.63, 3.8) is 0 Å². The van der Waals surface area contributed by atoms with E-state index >= 15 is 0 Å². The molecule has 4 rings (SSSR count). The van der Waals surface area contributed by atoms with Crippen molar-refractivity contribution in [3.8, 4) is 5.75 Å². The number of nitrogens with one attached hydrogen (secondary N) is 2. The topological polar surface area (TPSA) is 92.9 Å². The van der Waals surface area contributed by atoms with Crippen LogP contribution in [0.5, 0.6) is 5.75 Å². The van der Waals surface area contributed by atoms with Crippen molar-refractivity contribution in [2.24, 2.45) is 5.10 Å². The molecular formula is C25H24ClN3O4. The molecule has 7 nitrogen and oxygen atoms in total. The summed E-state index contributed by atoms with van der Waals surface area (Å²) in [5, 5.41) is 7.81. The maximum atomic E-state index is 13.0. The molecule has 2 aromatic carbocycles. The lowest BCUT2D eigenvalue weighted by molar-refractivity contribution is 0.0953. The molecule has 8 heteroatoms. The minimum atomic E-state index is -0.353. The summed E-state index contributed by atoms with van der Waals surface area (Å²) in [6.07, 6.45) is 2.18. The molecule has 0 radical (unpaired) electrons. The van der Waals surface area contributed by atoms with Crippen LogP contribution in [0.2, 0.25) is 5.02 Å². The fourth-order valence-corrected chi connectivity index (χ4v) is 4.02. The minimum absolute atomic E-state index is 0.232. The summed E-state index contributed by atoms with van der Waals surface area (Å²) < 4.78 is 11.1. The van der Waals surface area contributed by atoms with Gasteiger partial charge < -0.3 is 14.5 Å². The van der Waals surface area contributed by atoms with Crippen molar-refractivity contribution < 1.29 is 18.7 Å². The summed E-state index contributed by atoms with van der Waals surface area (Å²) in [4.78, 5) is 25.5. The van der Waals surface area contributed by atoms with E-state index in [1.54, 1.807) is 49.6 Å². The number of ether oxygens (including phenoxy) is 1. The Morgan fingerprint density at radius 1 is 1.03 bits per heavy atom. The highest BCUT2D eigenvalue weighted by molar-refractivity contribution is 6.31. The van der Waals surface area contributed by atoms with E-state index in [1.807, 2.05) is 13.8 Å². The van der Waals surface area contributed by atoms with E-state index in [9.17, 15) is 9.59 Å². The number of furan rings is 1. The lowest BCUT2D eigenvalue weighted by Gasteiger charge is -2.13. The van der Waals surface area contributed by atoms with Crippen molar-refractivity contribution in [1.29, 1.82) is 0 Å². The number of benzene rings is 2. The van der Waals surface area contributed by atoms with Crippen LogP contribution in [-0.4, -0.2) is 24.6 Å². The Labute approximate surface area is 196 Å². The monoisotopic (exact) mass is 465 g/mol. The first-order chi connectivity index (χ1) is 15.9. The van der Waals surface area contributed by atoms with Gasteiger partial charge in [0.15, 0.2) is 5.76 Å². The number of halogens is 1. The lowest BCUT2D eigenvalue weighted by atomic mass is 9.93. The maximum Gasteiger partial charge on any atom is 0.291 e. The van der Waals surface area contributed by atoms with E-state index in [1.165, 1.54) is 0 Å². The number of hydrogen-bond donors (Lipinski definition) is 2. The molecule has 1 aliphatic rings. The van der Waals surface area contributed by atoms with Gasteiger partial charge in [-0.3, -0.25) is 9.59 Å². The first-order valence-corrected chi connectivity index (χ1v) is 11.0. The summed E-state index contributed by atoms with van der Waals surface area (Å²) in [7, 11) is 1.57. The predicted octanol–water partition coefficient (Wildman–Crippen LogP) is 5.28. The largest absolute Gasteiger partial charge is 0.497 e. The molecule has 1 aliphatic carbocycles. The Balaban J connectivity index is 1.56. The van der Waals surface area contributed by atoms with Crippen LogP contribution in [0, 0.1) is 13.8 Å². The third-order valence-corrected chi connectivity index (χ3v) is 6.10. The van der Waals surface area contributed by atoms with Gasteiger partial charge in [-0.2, -0.15) is 5.10 Å². The molecule has 170 valence electrons. The van der Waals surface area contributed by atoms with Gasteiger partial charge >= 0.3 is 0 Å². The van der Waals surface area contributed by atoms with Crippen LogP contribution < -0.4 is 15.5 Å². The van der Waals surface area contributed by atoms with E-state index in [4.69, 9.17) is 20.8 Å². The van der Waals surface area contributed by atoms with Gasteiger partial charge in [0.1, 0.15) is 11.5 Å². The van der Waals surface area contributed by atoms with Gasteiger partial charge in [0.2, 0.25) is 0 Å². The first kappa shape index (κ1) is 22.6. The number of rotatable bonds is 5. The van der Waals surface area contributed by atoms with E-state index < -0.39 is 0 Å². The Kier molecular flexibility index (Phi) is 6.51. The molecule has 0 fully saturated rings. The highest BCUT2D eigenvalue weighted by Gasteiger charge is 2.28. The average molecular weight is 466 g/mol. The number of fused-ring (bicyclic) bond motifs is 1. The van der Waals surface area contributed by atoms with Crippen LogP contribution in [0.1, 0.15) is 56.2 Å². The van der Waals surface area contributed by atoms with Crippen molar-refractivity contribution >= 4 is 34.8 Å². The molecule has 1 heterocycles. The van der Waals surface area contributed by atoms with Crippen LogP contribution >= 0.6 is 11.6 Å². The maximum absolute atomic E-state index is 13.0. The second kappa shape index (κ2) is 9.50. The van der Waals surface area contributed by atoms with E-state index in [2.05, 4.69) is 15.8 Å². The molecule has 2 N–H and O–H groups in total. The van der Waals surface area contributed by atoms with Gasteiger partial charge in [0, 0.05) is 33.8 Å². The smallest absolute Gasteiger partial charge is 0.291 e. The minimum Gasteiger partial charge on any atom is -0.497 e. The number of carbonyl (C=O) groups excluding carboxylic acids is 2. The zero-order valence-corrected chi connectivity index (χ0v) is 19.4. The third kappa shape index (κ3) is 4.64. The Hall–Kier alpha value is -3.58. The molecule has 0 bridgehead atoms. The Morgan fingerprint density at radius 2 is 1.79 bits per heavy atom. The van der Waals surface area contributed by atoms with E-state index in [0.717, 1.165) is 17.5 Å². The van der Waals surface area contributed by atoms with Crippen LogP contribution in [-0.2, 0) is 6.42 Å². The molecule has 2 amide bonds. The average Bonchev–Trinajstić information content (AvgIpc) is 3.17. The molecule has 0 saturated carbocycles. The van der Waals surface area contributed by atoms with Gasteiger partial charge in [-0.1, -0.05) is 17.7 Å². The van der Waals surface area contributed by atoms with Crippen molar-refractivity contribution in [1.82, 2.24) is 5.43 Å². The summed E-state index contributed by atoms with van der Waals surface area (Å²) in [5.41, 5.74) is 6.66. The second-order valence-electron chi connectivity index (χ2n) is 7.80. The highest BCUT2D eigenvalue weighted by atomic mass is 35.5. The number of anilines is 1. The second-order valence-corrected chi connectivity index (χ2v) is 8.21. The third-order valence-electron chi connectivity index (χ3n) is 5.69. The van der Waals surface area contributed by atoms with Gasteiger partial charge in [-0.25, -0.2) is 5.43 Å². The van der Waals surface area contributed by atoms with Gasteiger partial charge in [0.05, 0.1) is 12.8 Å². The van der Waals surface area contributed by atoms with Crippen molar-refractivity contribution in [2.45, 2.75) is 33.1 Å². The molecule has 0 aliphatic heterocycles. The molecule has 3 aromatic rings. The normalized spacial score (nSPS) is 14.0. The summed E-state index contributed by atoms with van der Waals surface area (Å²) >= 11 is 6.16. The summed E-state index contributed by atoms with van der Waals surface area (Å²) in [6, 6.07) is 12.1.